The second-order valence-electron chi connectivity index (χ2n) is 5.88. The molecule has 1 saturated heterocycles. The third kappa shape index (κ3) is 3.32. The van der Waals surface area contributed by atoms with E-state index >= 15 is 0 Å². The first-order valence-electron chi connectivity index (χ1n) is 8.13. The van der Waals surface area contributed by atoms with Crippen molar-refractivity contribution >= 4 is 17.5 Å². The van der Waals surface area contributed by atoms with Crippen LogP contribution in [0.25, 0.3) is 0 Å². The number of hydrogen-bond donors (Lipinski definition) is 0. The van der Waals surface area contributed by atoms with Crippen molar-refractivity contribution in [3.05, 3.63) is 42.7 Å². The minimum Gasteiger partial charge on any atom is -0.495 e. The maximum absolute atomic E-state index is 12.8. The van der Waals surface area contributed by atoms with Gasteiger partial charge in [0.15, 0.2) is 0 Å². The number of nitrogens with zero attached hydrogens (tertiary/aromatic N) is 4. The number of benzene rings is 1. The van der Waals surface area contributed by atoms with Gasteiger partial charge >= 0.3 is 0 Å². The van der Waals surface area contributed by atoms with Crippen LogP contribution in [0.1, 0.15) is 12.8 Å². The SMILES string of the molecule is COc1ccccc1N(C)C(=O)C1CCN(c2ncccn2)CC1. The van der Waals surface area contributed by atoms with Crippen molar-refractivity contribution in [2.75, 3.05) is 37.0 Å². The van der Waals surface area contributed by atoms with Crippen LogP contribution in [0.3, 0.4) is 0 Å². The summed E-state index contributed by atoms with van der Waals surface area (Å²) in [6.07, 6.45) is 5.09. The van der Waals surface area contributed by atoms with Crippen molar-refractivity contribution in [3.8, 4) is 5.75 Å². The summed E-state index contributed by atoms with van der Waals surface area (Å²) in [6.45, 7) is 1.58. The van der Waals surface area contributed by atoms with Gasteiger partial charge in [-0.2, -0.15) is 0 Å². The van der Waals surface area contributed by atoms with Crippen LogP contribution in [0.4, 0.5) is 11.6 Å². The molecule has 0 bridgehead atoms. The molecule has 1 fully saturated rings. The smallest absolute Gasteiger partial charge is 0.230 e. The fourth-order valence-corrected chi connectivity index (χ4v) is 3.08. The van der Waals surface area contributed by atoms with Gasteiger partial charge < -0.3 is 14.5 Å². The van der Waals surface area contributed by atoms with E-state index in [1.54, 1.807) is 24.4 Å². The second kappa shape index (κ2) is 7.29. The molecule has 0 N–H and O–H groups in total. The number of rotatable bonds is 4. The Morgan fingerprint density at radius 2 is 1.83 bits per heavy atom. The lowest BCUT2D eigenvalue weighted by atomic mass is 9.95. The van der Waals surface area contributed by atoms with Gasteiger partial charge in [0.1, 0.15) is 5.75 Å². The zero-order valence-corrected chi connectivity index (χ0v) is 14.1. The van der Waals surface area contributed by atoms with E-state index in [2.05, 4.69) is 14.9 Å². The fraction of sp³-hybridized carbons (Fsp3) is 0.389. The minimum atomic E-state index is 0.0138. The number of ether oxygens (including phenoxy) is 1. The summed E-state index contributed by atoms with van der Waals surface area (Å²) in [5.74, 6) is 1.60. The molecule has 0 radical (unpaired) electrons. The highest BCUT2D eigenvalue weighted by Crippen LogP contribution is 2.30. The number of para-hydroxylation sites is 2. The van der Waals surface area contributed by atoms with Crippen LogP contribution >= 0.6 is 0 Å². The van der Waals surface area contributed by atoms with Gasteiger partial charge in [-0.15, -0.1) is 0 Å². The van der Waals surface area contributed by atoms with Crippen molar-refractivity contribution in [2.45, 2.75) is 12.8 Å². The van der Waals surface area contributed by atoms with Gasteiger partial charge in [0, 0.05) is 38.4 Å². The molecule has 1 aliphatic heterocycles. The predicted octanol–water partition coefficient (Wildman–Crippen LogP) is 2.36. The Kier molecular flexibility index (Phi) is 4.93. The molecule has 0 aliphatic carbocycles. The highest BCUT2D eigenvalue weighted by Gasteiger charge is 2.29. The highest BCUT2D eigenvalue weighted by atomic mass is 16.5. The van der Waals surface area contributed by atoms with Crippen molar-refractivity contribution in [2.24, 2.45) is 5.92 Å². The Balaban J connectivity index is 1.64. The zero-order chi connectivity index (χ0) is 16.9. The van der Waals surface area contributed by atoms with Crippen LogP contribution < -0.4 is 14.5 Å². The summed E-state index contributed by atoms with van der Waals surface area (Å²) in [6, 6.07) is 9.40. The predicted molar refractivity (Wildman–Crippen MR) is 93.4 cm³/mol. The van der Waals surface area contributed by atoms with Crippen LogP contribution in [0, 0.1) is 5.92 Å². The topological polar surface area (TPSA) is 58.6 Å². The summed E-state index contributed by atoms with van der Waals surface area (Å²) in [5.41, 5.74) is 0.804. The van der Waals surface area contributed by atoms with E-state index < -0.39 is 0 Å². The molecule has 2 aromatic rings. The van der Waals surface area contributed by atoms with Gasteiger partial charge in [-0.1, -0.05) is 12.1 Å². The van der Waals surface area contributed by atoms with Gasteiger partial charge in [-0.05, 0) is 31.0 Å². The van der Waals surface area contributed by atoms with Crippen LogP contribution in [0.2, 0.25) is 0 Å². The van der Waals surface area contributed by atoms with Crippen molar-refractivity contribution in [1.29, 1.82) is 0 Å². The Morgan fingerprint density at radius 3 is 2.50 bits per heavy atom. The number of hydrogen-bond acceptors (Lipinski definition) is 5. The Hall–Kier alpha value is -2.63. The van der Waals surface area contributed by atoms with E-state index in [0.29, 0.717) is 5.75 Å². The van der Waals surface area contributed by atoms with Gasteiger partial charge in [-0.3, -0.25) is 4.79 Å². The first-order chi connectivity index (χ1) is 11.7. The van der Waals surface area contributed by atoms with Crippen LogP contribution in [0.5, 0.6) is 5.75 Å². The zero-order valence-electron chi connectivity index (χ0n) is 14.1. The third-order valence-electron chi connectivity index (χ3n) is 4.46. The summed E-state index contributed by atoms with van der Waals surface area (Å²) in [4.78, 5) is 25.2. The van der Waals surface area contributed by atoms with E-state index in [9.17, 15) is 4.79 Å². The Bertz CT molecular complexity index is 684. The molecule has 6 nitrogen and oxygen atoms in total. The molecule has 126 valence electrons. The van der Waals surface area contributed by atoms with E-state index in [-0.39, 0.29) is 11.8 Å². The molecule has 24 heavy (non-hydrogen) atoms. The summed E-state index contributed by atoms with van der Waals surface area (Å²) in [7, 11) is 3.43. The average molecular weight is 326 g/mol. The van der Waals surface area contributed by atoms with Gasteiger partial charge in [0.05, 0.1) is 12.8 Å². The third-order valence-corrected chi connectivity index (χ3v) is 4.46. The summed E-state index contributed by atoms with van der Waals surface area (Å²) in [5, 5.41) is 0. The van der Waals surface area contributed by atoms with Crippen LogP contribution in [-0.2, 0) is 4.79 Å². The molecule has 2 heterocycles. The number of methoxy groups -OCH3 is 1. The first-order valence-corrected chi connectivity index (χ1v) is 8.13. The normalized spacial score (nSPS) is 15.2. The van der Waals surface area contributed by atoms with E-state index in [0.717, 1.165) is 37.6 Å². The molecular weight excluding hydrogens is 304 g/mol. The maximum atomic E-state index is 12.8. The van der Waals surface area contributed by atoms with Gasteiger partial charge in [-0.25, -0.2) is 9.97 Å². The molecule has 0 unspecified atom stereocenters. The summed E-state index contributed by atoms with van der Waals surface area (Å²) >= 11 is 0. The Morgan fingerprint density at radius 1 is 1.17 bits per heavy atom. The second-order valence-corrected chi connectivity index (χ2v) is 5.88. The number of carbonyl (C=O) groups is 1. The number of anilines is 2. The Labute approximate surface area is 142 Å². The lowest BCUT2D eigenvalue weighted by molar-refractivity contribution is -0.122. The lowest BCUT2D eigenvalue weighted by Crippen LogP contribution is -2.42. The van der Waals surface area contributed by atoms with E-state index in [4.69, 9.17) is 4.74 Å². The molecule has 6 heteroatoms. The molecule has 0 atom stereocenters. The molecular formula is C18H22N4O2. The molecule has 1 aromatic carbocycles. The highest BCUT2D eigenvalue weighted by molar-refractivity contribution is 5.96. The van der Waals surface area contributed by atoms with Gasteiger partial charge in [0.2, 0.25) is 11.9 Å². The van der Waals surface area contributed by atoms with Gasteiger partial charge in [0.25, 0.3) is 0 Å². The van der Waals surface area contributed by atoms with Crippen LogP contribution in [0.15, 0.2) is 42.7 Å². The molecule has 1 aliphatic rings. The van der Waals surface area contributed by atoms with Crippen molar-refractivity contribution in [3.63, 3.8) is 0 Å². The van der Waals surface area contributed by atoms with E-state index in [1.807, 2.05) is 37.4 Å². The minimum absolute atomic E-state index is 0.0138. The molecule has 3 rings (SSSR count). The number of piperidine rings is 1. The number of aromatic nitrogens is 2. The van der Waals surface area contributed by atoms with Crippen molar-refractivity contribution < 1.29 is 9.53 Å². The lowest BCUT2D eigenvalue weighted by Gasteiger charge is -2.33. The quantitative estimate of drug-likeness (QED) is 0.863. The molecule has 0 saturated carbocycles. The van der Waals surface area contributed by atoms with Crippen molar-refractivity contribution in [1.82, 2.24) is 9.97 Å². The monoisotopic (exact) mass is 326 g/mol. The fourth-order valence-electron chi connectivity index (χ4n) is 3.08. The molecule has 1 amide bonds. The first kappa shape index (κ1) is 16.2. The number of amides is 1. The number of carbonyl (C=O) groups excluding carboxylic acids is 1. The maximum Gasteiger partial charge on any atom is 0.230 e. The molecule has 0 spiro atoms. The standard InChI is InChI=1S/C18H22N4O2/c1-21(15-6-3-4-7-16(15)24-2)17(23)14-8-12-22(13-9-14)18-19-10-5-11-20-18/h3-7,10-11,14H,8-9,12-13H2,1-2H3. The summed E-state index contributed by atoms with van der Waals surface area (Å²) < 4.78 is 5.36. The average Bonchev–Trinajstić information content (AvgIpc) is 2.67. The van der Waals surface area contributed by atoms with E-state index in [1.165, 1.54) is 0 Å². The largest absolute Gasteiger partial charge is 0.495 e. The molecule has 1 aromatic heterocycles. The van der Waals surface area contributed by atoms with Crippen LogP contribution in [-0.4, -0.2) is 43.1 Å².